The summed E-state index contributed by atoms with van der Waals surface area (Å²) >= 11 is 1.72. The van der Waals surface area contributed by atoms with Gasteiger partial charge in [-0.25, -0.2) is 0 Å². The zero-order valence-corrected chi connectivity index (χ0v) is 24.2. The Labute approximate surface area is 252 Å². The molecule has 0 amide bonds. The van der Waals surface area contributed by atoms with Crippen molar-refractivity contribution in [3.63, 3.8) is 0 Å². The molecule has 0 fully saturated rings. The molecule has 0 N–H and O–H groups in total. The van der Waals surface area contributed by atoms with Crippen LogP contribution in [0.2, 0.25) is 0 Å². The van der Waals surface area contributed by atoms with Crippen LogP contribution in [0.15, 0.2) is 131 Å². The molecule has 0 unspecified atom stereocenters. The van der Waals surface area contributed by atoms with Gasteiger partial charge in [0.1, 0.15) is 0 Å². The fourth-order valence-electron chi connectivity index (χ4n) is 6.84. The lowest BCUT2D eigenvalue weighted by Crippen LogP contribution is -1.89. The maximum Gasteiger partial charge on any atom is 0.0646 e. The summed E-state index contributed by atoms with van der Waals surface area (Å²) in [4.78, 5) is 12.0. The first-order valence-electron chi connectivity index (χ1n) is 14.7. The molecule has 202 valence electrons. The lowest BCUT2D eigenvalue weighted by molar-refractivity contribution is 1.09. The van der Waals surface area contributed by atoms with E-state index < -0.39 is 0 Å². The largest absolute Gasteiger partial charge is 0.287 e. The molecule has 0 bridgehead atoms. The van der Waals surface area contributed by atoms with Crippen LogP contribution in [0, 0.1) is 0 Å². The molecule has 0 radical (unpaired) electrons. The van der Waals surface area contributed by atoms with Crippen molar-refractivity contribution in [3.8, 4) is 0 Å². The second-order valence-corrected chi connectivity index (χ2v) is 12.5. The average Bonchev–Trinajstić information content (AvgIpc) is 3.51. The molecule has 0 atom stereocenters. The van der Waals surface area contributed by atoms with Crippen molar-refractivity contribution < 1.29 is 0 Å². The van der Waals surface area contributed by atoms with Crippen LogP contribution in [0.25, 0.3) is 64.6 Å². The fraction of sp³-hybridized carbons (Fsp3) is 0.0500. The quantitative estimate of drug-likeness (QED) is 0.141. The topological polar surface area (TPSA) is 24.7 Å². The van der Waals surface area contributed by atoms with E-state index in [1.807, 2.05) is 12.4 Å². The van der Waals surface area contributed by atoms with Crippen LogP contribution in [0.1, 0.15) is 20.9 Å². The van der Waals surface area contributed by atoms with Crippen molar-refractivity contribution in [2.24, 2.45) is 9.98 Å². The van der Waals surface area contributed by atoms with E-state index in [0.717, 1.165) is 9.75 Å². The van der Waals surface area contributed by atoms with Crippen molar-refractivity contribution in [1.29, 1.82) is 0 Å². The van der Waals surface area contributed by atoms with Crippen LogP contribution in [-0.4, -0.2) is 12.4 Å². The molecule has 1 heterocycles. The Morgan fingerprint density at radius 2 is 0.767 bits per heavy atom. The number of nitrogens with zero attached hydrogens (tertiary/aromatic N) is 2. The maximum absolute atomic E-state index is 4.85. The number of benzene rings is 8. The van der Waals surface area contributed by atoms with Crippen molar-refractivity contribution in [1.82, 2.24) is 0 Å². The van der Waals surface area contributed by atoms with Gasteiger partial charge < -0.3 is 0 Å². The molecular weight excluding hydrogens is 541 g/mol. The Morgan fingerprint density at radius 1 is 0.395 bits per heavy atom. The summed E-state index contributed by atoms with van der Waals surface area (Å²) in [6, 6.07) is 44.2. The number of rotatable bonds is 6. The Balaban J connectivity index is 0.949. The summed E-state index contributed by atoms with van der Waals surface area (Å²) in [5.74, 6) is 0. The SMILES string of the molecule is C(=NCc1ccc2ccc3cccc4ccc1c2c34)c1ccc(C=NCc2ccc3ccc4cccc5ccc2c3c45)s1. The van der Waals surface area contributed by atoms with E-state index in [-0.39, 0.29) is 0 Å². The van der Waals surface area contributed by atoms with E-state index in [1.165, 1.54) is 75.8 Å². The van der Waals surface area contributed by atoms with Crippen molar-refractivity contribution in [3.05, 3.63) is 142 Å². The standard InChI is InChI=1S/C40H26N2S/c1-3-25-7-9-29-11-13-31(35-19-15-27(5-1)37(25)39(29)35)21-41-23-33-17-18-34(43-33)24-42-22-32-14-12-30-10-8-26-4-2-6-28-16-20-36(32)40(30)38(26)28/h1-20,23-24H,21-22H2. The lowest BCUT2D eigenvalue weighted by Gasteiger charge is -2.13. The van der Waals surface area contributed by atoms with Gasteiger partial charge in [-0.1, -0.05) is 109 Å². The number of aliphatic imine (C=N–C) groups is 2. The minimum absolute atomic E-state index is 0.657. The molecule has 8 aromatic carbocycles. The lowest BCUT2D eigenvalue weighted by atomic mass is 9.92. The van der Waals surface area contributed by atoms with Gasteiger partial charge in [0.05, 0.1) is 13.1 Å². The van der Waals surface area contributed by atoms with E-state index in [1.54, 1.807) is 11.3 Å². The summed E-state index contributed by atoms with van der Waals surface area (Å²) in [6.45, 7) is 1.31. The molecule has 2 nitrogen and oxygen atoms in total. The molecule has 9 rings (SSSR count). The molecular formula is C40H26N2S. The zero-order chi connectivity index (χ0) is 28.3. The fourth-order valence-corrected chi connectivity index (χ4v) is 7.64. The molecule has 0 aliphatic heterocycles. The summed E-state index contributed by atoms with van der Waals surface area (Å²) in [5, 5.41) is 15.8. The Morgan fingerprint density at radius 3 is 1.21 bits per heavy atom. The summed E-state index contributed by atoms with van der Waals surface area (Å²) in [5.41, 5.74) is 2.52. The van der Waals surface area contributed by atoms with Crippen LogP contribution in [0.4, 0.5) is 0 Å². The van der Waals surface area contributed by atoms with Crippen LogP contribution >= 0.6 is 11.3 Å². The van der Waals surface area contributed by atoms with E-state index in [9.17, 15) is 0 Å². The van der Waals surface area contributed by atoms with Gasteiger partial charge in [-0.2, -0.15) is 0 Å². The highest BCUT2D eigenvalue weighted by molar-refractivity contribution is 7.15. The molecule has 0 saturated heterocycles. The average molecular weight is 567 g/mol. The van der Waals surface area contributed by atoms with Gasteiger partial charge in [0.15, 0.2) is 0 Å². The first-order valence-corrected chi connectivity index (χ1v) is 15.5. The number of thiophene rings is 1. The molecule has 9 aromatic rings. The van der Waals surface area contributed by atoms with E-state index in [2.05, 4.69) is 121 Å². The van der Waals surface area contributed by atoms with Gasteiger partial charge in [-0.05, 0) is 87.9 Å². The van der Waals surface area contributed by atoms with Gasteiger partial charge in [-0.15, -0.1) is 11.3 Å². The van der Waals surface area contributed by atoms with Gasteiger partial charge in [0.2, 0.25) is 0 Å². The van der Waals surface area contributed by atoms with Crippen molar-refractivity contribution in [2.75, 3.05) is 0 Å². The van der Waals surface area contributed by atoms with E-state index in [4.69, 9.17) is 9.98 Å². The van der Waals surface area contributed by atoms with E-state index in [0.29, 0.717) is 13.1 Å². The van der Waals surface area contributed by atoms with Crippen LogP contribution in [0.5, 0.6) is 0 Å². The van der Waals surface area contributed by atoms with Crippen LogP contribution in [-0.2, 0) is 13.1 Å². The minimum atomic E-state index is 0.657. The molecule has 0 aliphatic rings. The van der Waals surface area contributed by atoms with Gasteiger partial charge >= 0.3 is 0 Å². The summed E-state index contributed by atoms with van der Waals surface area (Å²) in [6.07, 6.45) is 4.00. The maximum atomic E-state index is 4.85. The smallest absolute Gasteiger partial charge is 0.0646 e. The normalized spacial score (nSPS) is 12.7. The van der Waals surface area contributed by atoms with Crippen LogP contribution in [0.3, 0.4) is 0 Å². The Hall–Kier alpha value is -5.12. The number of hydrogen-bond donors (Lipinski definition) is 0. The third-order valence-electron chi connectivity index (χ3n) is 8.85. The molecule has 0 saturated carbocycles. The number of hydrogen-bond acceptors (Lipinski definition) is 3. The van der Waals surface area contributed by atoms with Gasteiger partial charge in [0, 0.05) is 22.2 Å². The monoisotopic (exact) mass is 566 g/mol. The minimum Gasteiger partial charge on any atom is -0.287 e. The summed E-state index contributed by atoms with van der Waals surface area (Å²) in [7, 11) is 0. The predicted molar refractivity (Wildman–Crippen MR) is 187 cm³/mol. The van der Waals surface area contributed by atoms with Crippen molar-refractivity contribution in [2.45, 2.75) is 13.1 Å². The van der Waals surface area contributed by atoms with Crippen molar-refractivity contribution >= 4 is 88.4 Å². The highest BCUT2D eigenvalue weighted by Gasteiger charge is 2.12. The second kappa shape index (κ2) is 9.72. The predicted octanol–water partition coefficient (Wildman–Crippen LogP) is 10.8. The van der Waals surface area contributed by atoms with Gasteiger partial charge in [0.25, 0.3) is 0 Å². The van der Waals surface area contributed by atoms with E-state index >= 15 is 0 Å². The third kappa shape index (κ3) is 4.00. The highest BCUT2D eigenvalue weighted by Crippen LogP contribution is 2.37. The first-order chi connectivity index (χ1) is 21.3. The Kier molecular flexibility index (Phi) is 5.53. The van der Waals surface area contributed by atoms with Gasteiger partial charge in [-0.3, -0.25) is 9.98 Å². The molecule has 0 spiro atoms. The van der Waals surface area contributed by atoms with Crippen LogP contribution < -0.4 is 0 Å². The zero-order valence-electron chi connectivity index (χ0n) is 23.4. The molecule has 0 aliphatic carbocycles. The highest BCUT2D eigenvalue weighted by atomic mass is 32.1. The Bertz CT molecular complexity index is 2310. The molecule has 3 heteroatoms. The molecule has 43 heavy (non-hydrogen) atoms. The third-order valence-corrected chi connectivity index (χ3v) is 9.80. The second-order valence-electron chi connectivity index (χ2n) is 11.3. The first kappa shape index (κ1) is 24.5. The molecule has 1 aromatic heterocycles. The summed E-state index contributed by atoms with van der Waals surface area (Å²) < 4.78 is 0.